The fourth-order valence-corrected chi connectivity index (χ4v) is 1.88. The molecule has 1 aromatic carbocycles. The Labute approximate surface area is 103 Å². The van der Waals surface area contributed by atoms with Gasteiger partial charge in [0.25, 0.3) is 0 Å². The van der Waals surface area contributed by atoms with Crippen molar-refractivity contribution in [1.29, 1.82) is 0 Å². The molecule has 1 N–H and O–H groups in total. The van der Waals surface area contributed by atoms with Gasteiger partial charge in [-0.2, -0.15) is 0 Å². The Hall–Kier alpha value is -1.35. The molecule has 0 fully saturated rings. The van der Waals surface area contributed by atoms with Crippen LogP contribution in [0.4, 0.5) is 5.69 Å². The number of rotatable bonds is 5. The molecule has 1 rings (SSSR count). The van der Waals surface area contributed by atoms with Crippen LogP contribution in [0.5, 0.6) is 0 Å². The molecule has 0 atom stereocenters. The molecule has 0 bridgehead atoms. The first kappa shape index (κ1) is 13.7. The van der Waals surface area contributed by atoms with Gasteiger partial charge in [0.05, 0.1) is 5.60 Å². The number of aliphatic hydroxyl groups is 1. The summed E-state index contributed by atoms with van der Waals surface area (Å²) < 4.78 is 0. The summed E-state index contributed by atoms with van der Waals surface area (Å²) >= 11 is 0. The molecule has 0 unspecified atom stereocenters. The molecular weight excluding hydrogens is 214 g/mol. The third kappa shape index (κ3) is 3.86. The van der Waals surface area contributed by atoms with E-state index in [1.165, 1.54) is 0 Å². The van der Waals surface area contributed by atoms with Gasteiger partial charge in [0.2, 0.25) is 0 Å². The molecule has 0 aliphatic rings. The summed E-state index contributed by atoms with van der Waals surface area (Å²) in [5.41, 5.74) is 0.822. The molecule has 0 spiro atoms. The van der Waals surface area contributed by atoms with Crippen LogP contribution in [-0.2, 0) is 0 Å². The molecule has 3 nitrogen and oxygen atoms in total. The number of nitrogens with zero attached hydrogens (tertiary/aromatic N) is 1. The summed E-state index contributed by atoms with van der Waals surface area (Å²) in [5.74, 6) is 0.0507. The highest BCUT2D eigenvalue weighted by atomic mass is 16.3. The summed E-state index contributed by atoms with van der Waals surface area (Å²) in [5, 5.41) is 9.88. The molecule has 0 saturated heterocycles. The zero-order valence-electron chi connectivity index (χ0n) is 11.0. The van der Waals surface area contributed by atoms with Crippen LogP contribution in [0.15, 0.2) is 24.3 Å². The van der Waals surface area contributed by atoms with Gasteiger partial charge in [-0.05, 0) is 39.8 Å². The van der Waals surface area contributed by atoms with E-state index in [-0.39, 0.29) is 5.78 Å². The van der Waals surface area contributed by atoms with Crippen molar-refractivity contribution in [2.45, 2.75) is 33.3 Å². The largest absolute Gasteiger partial charge is 0.389 e. The third-order valence-corrected chi connectivity index (χ3v) is 2.58. The Balaban J connectivity index is 3.07. The lowest BCUT2D eigenvalue weighted by Crippen LogP contribution is -2.39. The van der Waals surface area contributed by atoms with Crippen LogP contribution >= 0.6 is 0 Å². The standard InChI is InChI=1S/C14H21NO2/c1-5-15(10-14(3,4)17)13-9-7-6-8-12(13)11(2)16/h6-9,17H,5,10H2,1-4H3. The summed E-state index contributed by atoms with van der Waals surface area (Å²) in [7, 11) is 0. The minimum Gasteiger partial charge on any atom is -0.389 e. The fourth-order valence-electron chi connectivity index (χ4n) is 1.88. The highest BCUT2D eigenvalue weighted by molar-refractivity contribution is 5.99. The minimum atomic E-state index is -0.778. The van der Waals surface area contributed by atoms with Crippen molar-refractivity contribution >= 4 is 11.5 Å². The summed E-state index contributed by atoms with van der Waals surface area (Å²) in [4.78, 5) is 13.6. The van der Waals surface area contributed by atoms with Gasteiger partial charge in [0.1, 0.15) is 0 Å². The van der Waals surface area contributed by atoms with Gasteiger partial charge in [-0.25, -0.2) is 0 Å². The second-order valence-corrected chi connectivity index (χ2v) is 4.90. The average molecular weight is 235 g/mol. The molecule has 3 heteroatoms. The molecule has 1 aromatic rings. The lowest BCUT2D eigenvalue weighted by molar-refractivity contribution is 0.0872. The quantitative estimate of drug-likeness (QED) is 0.797. The van der Waals surface area contributed by atoms with E-state index in [4.69, 9.17) is 0 Å². The predicted octanol–water partition coefficient (Wildman–Crippen LogP) is 2.49. The van der Waals surface area contributed by atoms with E-state index >= 15 is 0 Å². The van der Waals surface area contributed by atoms with Crippen LogP contribution in [0, 0.1) is 0 Å². The Morgan fingerprint density at radius 2 is 1.94 bits per heavy atom. The second-order valence-electron chi connectivity index (χ2n) is 4.90. The van der Waals surface area contributed by atoms with E-state index in [9.17, 15) is 9.90 Å². The lowest BCUT2D eigenvalue weighted by Gasteiger charge is -2.31. The number of Topliss-reactive ketones (excluding diaryl/α,β-unsaturated/α-hetero) is 1. The van der Waals surface area contributed by atoms with Crippen LogP contribution in [0.2, 0.25) is 0 Å². The molecule has 0 aliphatic heterocycles. The summed E-state index contributed by atoms with van der Waals surface area (Å²) in [6.07, 6.45) is 0. The van der Waals surface area contributed by atoms with Crippen molar-refractivity contribution < 1.29 is 9.90 Å². The molecule has 0 aliphatic carbocycles. The van der Waals surface area contributed by atoms with Gasteiger partial charge in [0, 0.05) is 24.3 Å². The highest BCUT2D eigenvalue weighted by Gasteiger charge is 2.20. The predicted molar refractivity (Wildman–Crippen MR) is 70.6 cm³/mol. The highest BCUT2D eigenvalue weighted by Crippen LogP contribution is 2.22. The van der Waals surface area contributed by atoms with Crippen LogP contribution in [-0.4, -0.2) is 29.6 Å². The zero-order chi connectivity index (χ0) is 13.1. The fraction of sp³-hybridized carbons (Fsp3) is 0.500. The van der Waals surface area contributed by atoms with Crippen molar-refractivity contribution in [2.24, 2.45) is 0 Å². The van der Waals surface area contributed by atoms with Crippen molar-refractivity contribution in [2.75, 3.05) is 18.0 Å². The Bertz CT molecular complexity index is 393. The molecule has 94 valence electrons. The van der Waals surface area contributed by atoms with E-state index in [2.05, 4.69) is 0 Å². The van der Waals surface area contributed by atoms with Gasteiger partial charge in [-0.15, -0.1) is 0 Å². The zero-order valence-corrected chi connectivity index (χ0v) is 11.0. The van der Waals surface area contributed by atoms with E-state index in [0.29, 0.717) is 12.1 Å². The Kier molecular flexibility index (Phi) is 4.29. The lowest BCUT2D eigenvalue weighted by atomic mass is 10.1. The van der Waals surface area contributed by atoms with E-state index < -0.39 is 5.60 Å². The number of carbonyl (C=O) groups is 1. The minimum absolute atomic E-state index is 0.0507. The first-order valence-electron chi connectivity index (χ1n) is 5.92. The molecule has 0 radical (unpaired) electrons. The molecule has 0 saturated carbocycles. The average Bonchev–Trinajstić information content (AvgIpc) is 2.24. The van der Waals surface area contributed by atoms with Crippen LogP contribution in [0.1, 0.15) is 38.1 Å². The van der Waals surface area contributed by atoms with Crippen LogP contribution < -0.4 is 4.90 Å². The van der Waals surface area contributed by atoms with Gasteiger partial charge in [0.15, 0.2) is 5.78 Å². The van der Waals surface area contributed by atoms with Crippen molar-refractivity contribution in [1.82, 2.24) is 0 Å². The molecular formula is C14H21NO2. The van der Waals surface area contributed by atoms with E-state index in [0.717, 1.165) is 12.2 Å². The number of benzene rings is 1. The van der Waals surface area contributed by atoms with Crippen molar-refractivity contribution in [3.05, 3.63) is 29.8 Å². The number of anilines is 1. The van der Waals surface area contributed by atoms with E-state index in [1.807, 2.05) is 36.1 Å². The number of hydrogen-bond donors (Lipinski definition) is 1. The molecule has 0 heterocycles. The van der Waals surface area contributed by atoms with Gasteiger partial charge >= 0.3 is 0 Å². The third-order valence-electron chi connectivity index (χ3n) is 2.58. The maximum absolute atomic E-state index is 11.6. The Morgan fingerprint density at radius 1 is 1.35 bits per heavy atom. The number of hydrogen-bond acceptors (Lipinski definition) is 3. The van der Waals surface area contributed by atoms with Crippen LogP contribution in [0.3, 0.4) is 0 Å². The number of carbonyl (C=O) groups excluding carboxylic acids is 1. The summed E-state index contributed by atoms with van der Waals surface area (Å²) in [6, 6.07) is 7.52. The van der Waals surface area contributed by atoms with Crippen molar-refractivity contribution in [3.63, 3.8) is 0 Å². The molecule has 17 heavy (non-hydrogen) atoms. The smallest absolute Gasteiger partial charge is 0.161 e. The number of ketones is 1. The maximum atomic E-state index is 11.6. The summed E-state index contributed by atoms with van der Waals surface area (Å²) in [6.45, 7) is 8.39. The SMILES string of the molecule is CCN(CC(C)(C)O)c1ccccc1C(C)=O. The van der Waals surface area contributed by atoms with Crippen molar-refractivity contribution in [3.8, 4) is 0 Å². The van der Waals surface area contributed by atoms with Gasteiger partial charge in [-0.1, -0.05) is 12.1 Å². The number of para-hydroxylation sites is 1. The monoisotopic (exact) mass is 235 g/mol. The van der Waals surface area contributed by atoms with Crippen LogP contribution in [0.25, 0.3) is 0 Å². The van der Waals surface area contributed by atoms with E-state index in [1.54, 1.807) is 20.8 Å². The molecule has 0 aromatic heterocycles. The first-order chi connectivity index (χ1) is 7.85. The topological polar surface area (TPSA) is 40.5 Å². The van der Waals surface area contributed by atoms with Gasteiger partial charge in [-0.3, -0.25) is 4.79 Å². The Morgan fingerprint density at radius 3 is 2.41 bits per heavy atom. The second kappa shape index (κ2) is 5.32. The maximum Gasteiger partial charge on any atom is 0.161 e. The normalized spacial score (nSPS) is 11.4. The molecule has 0 amide bonds. The first-order valence-corrected chi connectivity index (χ1v) is 5.92. The number of likely N-dealkylation sites (N-methyl/N-ethyl adjacent to an activating group) is 1. The van der Waals surface area contributed by atoms with Gasteiger partial charge < -0.3 is 10.0 Å².